The van der Waals surface area contributed by atoms with Gasteiger partial charge in [-0.1, -0.05) is 0 Å². The molecule has 19 heavy (non-hydrogen) atoms. The summed E-state index contributed by atoms with van der Waals surface area (Å²) in [4.78, 5) is 0. The molecule has 0 saturated heterocycles. The van der Waals surface area contributed by atoms with Gasteiger partial charge in [0.25, 0.3) is 0 Å². The lowest BCUT2D eigenvalue weighted by atomic mass is 10.2. The van der Waals surface area contributed by atoms with E-state index in [0.717, 1.165) is 23.6 Å². The molecule has 1 N–H and O–H groups in total. The summed E-state index contributed by atoms with van der Waals surface area (Å²) in [5.41, 5.74) is 1.07. The summed E-state index contributed by atoms with van der Waals surface area (Å²) in [5.74, 6) is 1.68. The van der Waals surface area contributed by atoms with E-state index in [0.29, 0.717) is 26.4 Å². The number of hydrogen-bond acceptors (Lipinski definition) is 5. The SMILES string of the molecule is CNCc1cc(OC)ccc1OCCOCCOC. The molecule has 0 saturated carbocycles. The highest BCUT2D eigenvalue weighted by Gasteiger charge is 2.05. The third-order valence-corrected chi connectivity index (χ3v) is 2.55. The van der Waals surface area contributed by atoms with E-state index in [1.807, 2.05) is 25.2 Å². The largest absolute Gasteiger partial charge is 0.497 e. The van der Waals surface area contributed by atoms with E-state index < -0.39 is 0 Å². The quantitative estimate of drug-likeness (QED) is 0.652. The fourth-order valence-electron chi connectivity index (χ4n) is 1.61. The first kappa shape index (κ1) is 15.8. The molecule has 0 bridgehead atoms. The predicted molar refractivity (Wildman–Crippen MR) is 73.9 cm³/mol. The Hall–Kier alpha value is -1.30. The molecular weight excluding hydrogens is 246 g/mol. The first-order valence-electron chi connectivity index (χ1n) is 6.32. The van der Waals surface area contributed by atoms with Gasteiger partial charge >= 0.3 is 0 Å². The maximum absolute atomic E-state index is 5.71. The van der Waals surface area contributed by atoms with E-state index in [2.05, 4.69) is 5.32 Å². The molecule has 0 aliphatic carbocycles. The summed E-state index contributed by atoms with van der Waals surface area (Å²) in [7, 11) is 5.21. The van der Waals surface area contributed by atoms with Gasteiger partial charge < -0.3 is 24.3 Å². The standard InChI is InChI=1S/C14H23NO4/c1-15-11-12-10-13(17-3)4-5-14(12)19-9-8-18-7-6-16-2/h4-5,10,15H,6-9,11H2,1-3H3. The molecule has 0 aromatic heterocycles. The summed E-state index contributed by atoms with van der Waals surface area (Å²) >= 11 is 0. The Morgan fingerprint density at radius 2 is 1.84 bits per heavy atom. The van der Waals surface area contributed by atoms with E-state index in [1.54, 1.807) is 14.2 Å². The minimum atomic E-state index is 0.521. The van der Waals surface area contributed by atoms with Crippen LogP contribution in [0.5, 0.6) is 11.5 Å². The van der Waals surface area contributed by atoms with Crippen LogP contribution in [0.4, 0.5) is 0 Å². The van der Waals surface area contributed by atoms with Crippen molar-refractivity contribution in [3.63, 3.8) is 0 Å². The Bertz CT molecular complexity index is 357. The topological polar surface area (TPSA) is 49.0 Å². The summed E-state index contributed by atoms with van der Waals surface area (Å²) < 4.78 is 21.2. The summed E-state index contributed by atoms with van der Waals surface area (Å²) in [6.07, 6.45) is 0. The van der Waals surface area contributed by atoms with Gasteiger partial charge in [0.15, 0.2) is 0 Å². The Morgan fingerprint density at radius 3 is 2.53 bits per heavy atom. The van der Waals surface area contributed by atoms with Crippen LogP contribution in [-0.4, -0.2) is 47.7 Å². The summed E-state index contributed by atoms with van der Waals surface area (Å²) in [5, 5.41) is 3.11. The number of rotatable bonds is 10. The first-order valence-corrected chi connectivity index (χ1v) is 6.32. The maximum atomic E-state index is 5.71. The van der Waals surface area contributed by atoms with Crippen LogP contribution in [0.2, 0.25) is 0 Å². The van der Waals surface area contributed by atoms with Gasteiger partial charge in [0.2, 0.25) is 0 Å². The molecule has 0 unspecified atom stereocenters. The van der Waals surface area contributed by atoms with Crippen LogP contribution in [-0.2, 0) is 16.0 Å². The summed E-state index contributed by atoms with van der Waals surface area (Å²) in [6, 6.07) is 5.78. The van der Waals surface area contributed by atoms with Crippen molar-refractivity contribution in [1.29, 1.82) is 0 Å². The van der Waals surface area contributed by atoms with E-state index in [-0.39, 0.29) is 0 Å². The Morgan fingerprint density at radius 1 is 1.05 bits per heavy atom. The van der Waals surface area contributed by atoms with Crippen LogP contribution >= 0.6 is 0 Å². The predicted octanol–water partition coefficient (Wildman–Crippen LogP) is 1.46. The van der Waals surface area contributed by atoms with Crippen molar-refractivity contribution < 1.29 is 18.9 Å². The van der Waals surface area contributed by atoms with Crippen molar-refractivity contribution in [1.82, 2.24) is 5.32 Å². The molecule has 0 aliphatic heterocycles. The zero-order chi connectivity index (χ0) is 13.9. The first-order chi connectivity index (χ1) is 9.31. The molecule has 0 fully saturated rings. The smallest absolute Gasteiger partial charge is 0.124 e. The molecule has 0 aliphatic rings. The molecule has 108 valence electrons. The normalized spacial score (nSPS) is 10.5. The van der Waals surface area contributed by atoms with Gasteiger partial charge in [-0.3, -0.25) is 0 Å². The highest BCUT2D eigenvalue weighted by atomic mass is 16.5. The molecule has 5 heteroatoms. The number of ether oxygens (including phenoxy) is 4. The van der Waals surface area contributed by atoms with Gasteiger partial charge in [-0.05, 0) is 25.2 Å². The molecule has 1 rings (SSSR count). The van der Waals surface area contributed by atoms with E-state index in [1.165, 1.54) is 0 Å². The lowest BCUT2D eigenvalue weighted by Crippen LogP contribution is -2.12. The second-order valence-corrected chi connectivity index (χ2v) is 3.96. The molecule has 0 spiro atoms. The second kappa shape index (κ2) is 9.61. The molecule has 1 aromatic carbocycles. The lowest BCUT2D eigenvalue weighted by molar-refractivity contribution is 0.0542. The number of nitrogens with one attached hydrogen (secondary N) is 1. The van der Waals surface area contributed by atoms with E-state index >= 15 is 0 Å². The van der Waals surface area contributed by atoms with Crippen LogP contribution in [0.1, 0.15) is 5.56 Å². The molecular formula is C14H23NO4. The molecule has 1 aromatic rings. The van der Waals surface area contributed by atoms with Crippen molar-refractivity contribution in [2.75, 3.05) is 47.7 Å². The molecule has 0 radical (unpaired) electrons. The Labute approximate surface area is 114 Å². The van der Waals surface area contributed by atoms with Gasteiger partial charge in [0, 0.05) is 19.2 Å². The van der Waals surface area contributed by atoms with Crippen molar-refractivity contribution in [3.8, 4) is 11.5 Å². The van der Waals surface area contributed by atoms with Crippen molar-refractivity contribution in [3.05, 3.63) is 23.8 Å². The fourth-order valence-corrected chi connectivity index (χ4v) is 1.61. The average Bonchev–Trinajstić information content (AvgIpc) is 2.44. The zero-order valence-corrected chi connectivity index (χ0v) is 11.9. The van der Waals surface area contributed by atoms with Crippen LogP contribution < -0.4 is 14.8 Å². The molecule has 0 atom stereocenters. The summed E-state index contributed by atoms with van der Waals surface area (Å²) in [6.45, 7) is 3.00. The van der Waals surface area contributed by atoms with Crippen LogP contribution in [0, 0.1) is 0 Å². The number of benzene rings is 1. The van der Waals surface area contributed by atoms with Crippen molar-refractivity contribution in [2.24, 2.45) is 0 Å². The van der Waals surface area contributed by atoms with Crippen molar-refractivity contribution >= 4 is 0 Å². The van der Waals surface area contributed by atoms with Crippen LogP contribution in [0.15, 0.2) is 18.2 Å². The highest BCUT2D eigenvalue weighted by Crippen LogP contribution is 2.24. The van der Waals surface area contributed by atoms with Gasteiger partial charge in [-0.2, -0.15) is 0 Å². The minimum absolute atomic E-state index is 0.521. The molecule has 0 amide bonds. The number of methoxy groups -OCH3 is 2. The van der Waals surface area contributed by atoms with Gasteiger partial charge in [-0.25, -0.2) is 0 Å². The fraction of sp³-hybridized carbons (Fsp3) is 0.571. The van der Waals surface area contributed by atoms with Gasteiger partial charge in [0.05, 0.1) is 26.9 Å². The lowest BCUT2D eigenvalue weighted by Gasteiger charge is -2.13. The second-order valence-electron chi connectivity index (χ2n) is 3.96. The van der Waals surface area contributed by atoms with E-state index in [9.17, 15) is 0 Å². The van der Waals surface area contributed by atoms with Gasteiger partial charge in [0.1, 0.15) is 18.1 Å². The Balaban J connectivity index is 2.43. The molecule has 5 nitrogen and oxygen atoms in total. The van der Waals surface area contributed by atoms with Crippen molar-refractivity contribution in [2.45, 2.75) is 6.54 Å². The zero-order valence-electron chi connectivity index (χ0n) is 11.9. The highest BCUT2D eigenvalue weighted by molar-refractivity contribution is 5.40. The van der Waals surface area contributed by atoms with E-state index in [4.69, 9.17) is 18.9 Å². The molecule has 0 heterocycles. The third-order valence-electron chi connectivity index (χ3n) is 2.55. The average molecular weight is 269 g/mol. The minimum Gasteiger partial charge on any atom is -0.497 e. The van der Waals surface area contributed by atoms with Gasteiger partial charge in [-0.15, -0.1) is 0 Å². The maximum Gasteiger partial charge on any atom is 0.124 e. The third kappa shape index (κ3) is 5.92. The monoisotopic (exact) mass is 269 g/mol. The van der Waals surface area contributed by atoms with Crippen LogP contribution in [0.3, 0.4) is 0 Å². The van der Waals surface area contributed by atoms with Crippen LogP contribution in [0.25, 0.3) is 0 Å². The Kier molecular flexibility index (Phi) is 7.97. The number of hydrogen-bond donors (Lipinski definition) is 1.